The molecule has 0 heterocycles. The molecule has 0 saturated carbocycles. The van der Waals surface area contributed by atoms with Gasteiger partial charge < -0.3 is 14.8 Å². The molecule has 0 aliphatic heterocycles. The fourth-order valence-corrected chi connectivity index (χ4v) is 2.75. The molecular formula is C20H22N2O6. The van der Waals surface area contributed by atoms with Gasteiger partial charge in [0.1, 0.15) is 0 Å². The Labute approximate surface area is 162 Å². The molecule has 8 heteroatoms. The molecule has 0 unspecified atom stereocenters. The maximum atomic E-state index is 12.3. The fourth-order valence-electron chi connectivity index (χ4n) is 2.75. The molecule has 0 bridgehead atoms. The average molecular weight is 386 g/mol. The van der Waals surface area contributed by atoms with Gasteiger partial charge in [0.15, 0.2) is 12.4 Å². The van der Waals surface area contributed by atoms with Gasteiger partial charge in [0.05, 0.1) is 17.6 Å². The third-order valence-electron chi connectivity index (χ3n) is 4.20. The quantitative estimate of drug-likeness (QED) is 0.422. The van der Waals surface area contributed by atoms with Gasteiger partial charge in [-0.05, 0) is 36.1 Å². The van der Waals surface area contributed by atoms with E-state index in [1.807, 2.05) is 32.0 Å². The second-order valence-electron chi connectivity index (χ2n) is 5.93. The Balaban J connectivity index is 2.15. The van der Waals surface area contributed by atoms with Gasteiger partial charge in [-0.3, -0.25) is 14.9 Å². The first-order chi connectivity index (χ1) is 13.4. The average Bonchev–Trinajstić information content (AvgIpc) is 2.71. The SMILES string of the molecule is CCc1cccc(CC)c1NC(=O)COc1ccc(C(=O)OC)cc1[N+](=O)[O-]. The highest BCUT2D eigenvalue weighted by atomic mass is 16.6. The highest BCUT2D eigenvalue weighted by Gasteiger charge is 2.20. The van der Waals surface area contributed by atoms with Gasteiger partial charge in [0, 0.05) is 11.8 Å². The number of hydrogen-bond acceptors (Lipinski definition) is 6. The number of amides is 1. The number of methoxy groups -OCH3 is 1. The summed E-state index contributed by atoms with van der Waals surface area (Å²) >= 11 is 0. The van der Waals surface area contributed by atoms with Crippen molar-refractivity contribution in [3.05, 3.63) is 63.2 Å². The van der Waals surface area contributed by atoms with E-state index in [0.29, 0.717) is 0 Å². The molecule has 0 atom stereocenters. The van der Waals surface area contributed by atoms with E-state index in [2.05, 4.69) is 10.1 Å². The zero-order chi connectivity index (χ0) is 20.7. The van der Waals surface area contributed by atoms with Crippen molar-refractivity contribution in [3.63, 3.8) is 0 Å². The summed E-state index contributed by atoms with van der Waals surface area (Å²) in [6.07, 6.45) is 1.51. The van der Waals surface area contributed by atoms with Crippen LogP contribution in [0.4, 0.5) is 11.4 Å². The fraction of sp³-hybridized carbons (Fsp3) is 0.300. The number of ether oxygens (including phenoxy) is 2. The molecule has 0 aliphatic rings. The standard InChI is InChI=1S/C20H22N2O6/c1-4-13-7-6-8-14(5-2)19(13)21-18(23)12-28-17-10-9-15(20(24)27-3)11-16(17)22(25)26/h6-11H,4-5,12H2,1-3H3,(H,21,23). The smallest absolute Gasteiger partial charge is 0.338 e. The van der Waals surface area contributed by atoms with E-state index in [9.17, 15) is 19.7 Å². The number of nitro benzene ring substituents is 1. The van der Waals surface area contributed by atoms with Crippen LogP contribution >= 0.6 is 0 Å². The summed E-state index contributed by atoms with van der Waals surface area (Å²) in [5, 5.41) is 14.1. The van der Waals surface area contributed by atoms with Crippen LogP contribution in [0.2, 0.25) is 0 Å². The van der Waals surface area contributed by atoms with E-state index in [0.717, 1.165) is 35.7 Å². The summed E-state index contributed by atoms with van der Waals surface area (Å²) in [5.74, 6) is -1.23. The van der Waals surface area contributed by atoms with Gasteiger partial charge in [0.25, 0.3) is 5.91 Å². The predicted octanol–water partition coefficient (Wildman–Crippen LogP) is 3.52. The van der Waals surface area contributed by atoms with Crippen molar-refractivity contribution in [2.75, 3.05) is 19.0 Å². The molecule has 0 aliphatic carbocycles. The van der Waals surface area contributed by atoms with Crippen molar-refractivity contribution < 1.29 is 24.0 Å². The van der Waals surface area contributed by atoms with Crippen molar-refractivity contribution in [2.45, 2.75) is 26.7 Å². The zero-order valence-electron chi connectivity index (χ0n) is 16.0. The molecule has 0 aromatic heterocycles. The van der Waals surface area contributed by atoms with E-state index < -0.39 is 29.1 Å². The van der Waals surface area contributed by atoms with Crippen LogP contribution in [0.1, 0.15) is 35.3 Å². The monoisotopic (exact) mass is 386 g/mol. The number of carbonyl (C=O) groups excluding carboxylic acids is 2. The van der Waals surface area contributed by atoms with Gasteiger partial charge in [-0.25, -0.2) is 4.79 Å². The number of esters is 1. The van der Waals surface area contributed by atoms with Crippen LogP contribution in [0, 0.1) is 10.1 Å². The number of nitrogens with zero attached hydrogens (tertiary/aromatic N) is 1. The molecule has 2 aromatic carbocycles. The van der Waals surface area contributed by atoms with Crippen LogP contribution in [-0.4, -0.2) is 30.5 Å². The largest absolute Gasteiger partial charge is 0.477 e. The van der Waals surface area contributed by atoms with Crippen molar-refractivity contribution >= 4 is 23.3 Å². The summed E-state index contributed by atoms with van der Waals surface area (Å²) in [7, 11) is 1.18. The van der Waals surface area contributed by atoms with Crippen molar-refractivity contribution in [2.24, 2.45) is 0 Å². The van der Waals surface area contributed by atoms with Crippen LogP contribution < -0.4 is 10.1 Å². The Morgan fingerprint density at radius 2 is 1.75 bits per heavy atom. The number of anilines is 1. The highest BCUT2D eigenvalue weighted by Crippen LogP contribution is 2.28. The maximum Gasteiger partial charge on any atom is 0.338 e. The van der Waals surface area contributed by atoms with E-state index in [1.54, 1.807) is 0 Å². The minimum absolute atomic E-state index is 0.0236. The second-order valence-corrected chi connectivity index (χ2v) is 5.93. The number of para-hydroxylation sites is 1. The van der Waals surface area contributed by atoms with E-state index in [4.69, 9.17) is 4.74 Å². The number of nitro groups is 1. The van der Waals surface area contributed by atoms with Crippen LogP contribution in [-0.2, 0) is 22.4 Å². The summed E-state index contributed by atoms with van der Waals surface area (Å²) in [6.45, 7) is 3.58. The Kier molecular flexibility index (Phi) is 7.08. The minimum atomic E-state index is -0.698. The second kappa shape index (κ2) is 9.50. The van der Waals surface area contributed by atoms with Gasteiger partial charge in [-0.2, -0.15) is 0 Å². The van der Waals surface area contributed by atoms with Crippen LogP contribution in [0.15, 0.2) is 36.4 Å². The summed E-state index contributed by atoms with van der Waals surface area (Å²) in [4.78, 5) is 34.5. The third-order valence-corrected chi connectivity index (χ3v) is 4.20. The third kappa shape index (κ3) is 4.85. The number of aryl methyl sites for hydroxylation is 2. The summed E-state index contributed by atoms with van der Waals surface area (Å²) in [5.41, 5.74) is 2.35. The lowest BCUT2D eigenvalue weighted by Gasteiger charge is -2.14. The summed E-state index contributed by atoms with van der Waals surface area (Å²) in [6, 6.07) is 9.48. The number of hydrogen-bond donors (Lipinski definition) is 1. The molecule has 1 N–H and O–H groups in total. The molecule has 0 spiro atoms. The van der Waals surface area contributed by atoms with Crippen molar-refractivity contribution in [3.8, 4) is 5.75 Å². The number of carbonyl (C=O) groups is 2. The lowest BCUT2D eigenvalue weighted by molar-refractivity contribution is -0.385. The van der Waals surface area contributed by atoms with Gasteiger partial charge in [-0.15, -0.1) is 0 Å². The first-order valence-corrected chi connectivity index (χ1v) is 8.81. The van der Waals surface area contributed by atoms with Gasteiger partial charge >= 0.3 is 11.7 Å². The molecule has 28 heavy (non-hydrogen) atoms. The Hall–Kier alpha value is -3.42. The van der Waals surface area contributed by atoms with Crippen molar-refractivity contribution in [1.82, 2.24) is 0 Å². The first kappa shape index (κ1) is 20.9. The molecule has 0 fully saturated rings. The topological polar surface area (TPSA) is 108 Å². The van der Waals surface area contributed by atoms with Crippen LogP contribution in [0.5, 0.6) is 5.75 Å². The molecule has 1 amide bonds. The van der Waals surface area contributed by atoms with Crippen LogP contribution in [0.3, 0.4) is 0 Å². The van der Waals surface area contributed by atoms with E-state index in [1.165, 1.54) is 19.2 Å². The van der Waals surface area contributed by atoms with Crippen molar-refractivity contribution in [1.29, 1.82) is 0 Å². The maximum absolute atomic E-state index is 12.3. The Bertz CT molecular complexity index is 872. The lowest BCUT2D eigenvalue weighted by Crippen LogP contribution is -2.22. The lowest BCUT2D eigenvalue weighted by atomic mass is 10.0. The van der Waals surface area contributed by atoms with Crippen LogP contribution in [0.25, 0.3) is 0 Å². The Morgan fingerprint density at radius 1 is 1.11 bits per heavy atom. The van der Waals surface area contributed by atoms with Gasteiger partial charge in [-0.1, -0.05) is 32.0 Å². The molecule has 2 aromatic rings. The zero-order valence-corrected chi connectivity index (χ0v) is 16.0. The summed E-state index contributed by atoms with van der Waals surface area (Å²) < 4.78 is 9.89. The normalized spacial score (nSPS) is 10.2. The Morgan fingerprint density at radius 3 is 2.29 bits per heavy atom. The van der Waals surface area contributed by atoms with E-state index in [-0.39, 0.29) is 11.3 Å². The van der Waals surface area contributed by atoms with E-state index >= 15 is 0 Å². The molecular weight excluding hydrogens is 364 g/mol. The van der Waals surface area contributed by atoms with Gasteiger partial charge in [0.2, 0.25) is 0 Å². The number of rotatable bonds is 8. The molecule has 0 saturated heterocycles. The predicted molar refractivity (Wildman–Crippen MR) is 104 cm³/mol. The first-order valence-electron chi connectivity index (χ1n) is 8.81. The highest BCUT2D eigenvalue weighted by molar-refractivity contribution is 5.94. The molecule has 8 nitrogen and oxygen atoms in total. The molecule has 148 valence electrons. The number of nitrogens with one attached hydrogen (secondary N) is 1. The number of benzene rings is 2. The minimum Gasteiger partial charge on any atom is -0.477 e. The molecule has 2 rings (SSSR count). The molecule has 0 radical (unpaired) electrons.